The van der Waals surface area contributed by atoms with Crippen LogP contribution < -0.4 is 20.9 Å². The van der Waals surface area contributed by atoms with Crippen molar-refractivity contribution in [2.45, 2.75) is 26.2 Å². The highest BCUT2D eigenvalue weighted by Gasteiger charge is 2.27. The van der Waals surface area contributed by atoms with Crippen LogP contribution in [0.15, 0.2) is 30.4 Å². The summed E-state index contributed by atoms with van der Waals surface area (Å²) in [6.45, 7) is 3.01. The van der Waals surface area contributed by atoms with E-state index < -0.39 is 23.6 Å². The predicted octanol–water partition coefficient (Wildman–Crippen LogP) is 0.118. The van der Waals surface area contributed by atoms with Gasteiger partial charge in [0, 0.05) is 49.2 Å². The molecule has 0 bridgehead atoms. The number of anilines is 1. The lowest BCUT2D eigenvalue weighted by atomic mass is 10.1. The number of amides is 5. The van der Waals surface area contributed by atoms with E-state index in [9.17, 15) is 28.8 Å². The van der Waals surface area contributed by atoms with Gasteiger partial charge in [0.15, 0.2) is 0 Å². The molecule has 1 heterocycles. The fourth-order valence-electron chi connectivity index (χ4n) is 3.40. The number of ether oxygens (including phenoxy) is 2. The second kappa shape index (κ2) is 16.5. The summed E-state index contributed by atoms with van der Waals surface area (Å²) in [6.07, 6.45) is 8.58. The van der Waals surface area contributed by atoms with Crippen molar-refractivity contribution in [3.63, 3.8) is 0 Å². The molecule has 39 heavy (non-hydrogen) atoms. The van der Waals surface area contributed by atoms with Gasteiger partial charge in [0.1, 0.15) is 5.78 Å². The van der Waals surface area contributed by atoms with E-state index in [-0.39, 0.29) is 61.4 Å². The summed E-state index contributed by atoms with van der Waals surface area (Å²) in [6, 6.07) is 4.00. The molecular formula is C27H32N4O8. The first kappa shape index (κ1) is 30.9. The van der Waals surface area contributed by atoms with Crippen molar-refractivity contribution in [1.29, 1.82) is 0 Å². The molecule has 0 radical (unpaired) electrons. The van der Waals surface area contributed by atoms with Crippen molar-refractivity contribution < 1.29 is 38.2 Å². The monoisotopic (exact) mass is 540 g/mol. The van der Waals surface area contributed by atoms with Gasteiger partial charge in [0.25, 0.3) is 23.6 Å². The lowest BCUT2D eigenvalue weighted by molar-refractivity contribution is -0.122. The lowest BCUT2D eigenvalue weighted by Gasteiger charge is -2.17. The van der Waals surface area contributed by atoms with Crippen LogP contribution in [0.5, 0.6) is 0 Å². The first-order chi connectivity index (χ1) is 18.7. The molecule has 1 aromatic carbocycles. The number of benzene rings is 1. The van der Waals surface area contributed by atoms with Crippen molar-refractivity contribution in [3.8, 4) is 12.3 Å². The molecule has 5 amide bonds. The van der Waals surface area contributed by atoms with Crippen LogP contribution in [0.4, 0.5) is 5.69 Å². The number of carbonyl (C=O) groups is 6. The van der Waals surface area contributed by atoms with Crippen molar-refractivity contribution in [2.24, 2.45) is 0 Å². The molecule has 208 valence electrons. The van der Waals surface area contributed by atoms with E-state index in [0.717, 1.165) is 17.1 Å². The molecule has 12 nitrogen and oxygen atoms in total. The zero-order valence-corrected chi connectivity index (χ0v) is 21.7. The molecular weight excluding hydrogens is 508 g/mol. The number of nitrogens with one attached hydrogen (secondary N) is 3. The molecule has 1 aromatic rings. The van der Waals surface area contributed by atoms with Crippen LogP contribution in [0.25, 0.3) is 0 Å². The summed E-state index contributed by atoms with van der Waals surface area (Å²) in [4.78, 5) is 72.7. The quantitative estimate of drug-likeness (QED) is 0.143. The summed E-state index contributed by atoms with van der Waals surface area (Å²) in [5.74, 6) is -0.0738. The van der Waals surface area contributed by atoms with E-state index in [1.54, 1.807) is 0 Å². The molecule has 0 spiro atoms. The number of hydrogen-bond acceptors (Lipinski definition) is 8. The van der Waals surface area contributed by atoms with E-state index in [4.69, 9.17) is 15.9 Å². The smallest absolute Gasteiger partial charge is 0.258 e. The van der Waals surface area contributed by atoms with Gasteiger partial charge < -0.3 is 30.2 Å². The highest BCUT2D eigenvalue weighted by molar-refractivity contribution is 6.28. The number of imide groups is 1. The first-order valence-corrected chi connectivity index (χ1v) is 12.4. The molecule has 0 aromatic heterocycles. The van der Waals surface area contributed by atoms with Crippen LogP contribution in [-0.2, 0) is 28.7 Å². The topological polar surface area (TPSA) is 160 Å². The Morgan fingerprint density at radius 3 is 1.95 bits per heavy atom. The van der Waals surface area contributed by atoms with E-state index in [1.807, 2.05) is 0 Å². The number of hydrogen-bond donors (Lipinski definition) is 3. The Kier molecular flexibility index (Phi) is 13.1. The molecule has 2 rings (SSSR count). The zero-order chi connectivity index (χ0) is 28.6. The van der Waals surface area contributed by atoms with Gasteiger partial charge in [-0.25, -0.2) is 4.90 Å². The van der Waals surface area contributed by atoms with Crippen molar-refractivity contribution >= 4 is 41.0 Å². The molecule has 12 heteroatoms. The molecule has 0 unspecified atom stereocenters. The molecule has 1 aliphatic heterocycles. The second-order valence-electron chi connectivity index (χ2n) is 8.39. The Bertz CT molecular complexity index is 1140. The number of ketones is 1. The minimum absolute atomic E-state index is 0.0361. The number of rotatable bonds is 17. The van der Waals surface area contributed by atoms with Crippen molar-refractivity contribution in [1.82, 2.24) is 16.0 Å². The van der Waals surface area contributed by atoms with Crippen LogP contribution in [0, 0.1) is 12.3 Å². The fourth-order valence-corrected chi connectivity index (χ4v) is 3.40. The van der Waals surface area contributed by atoms with Crippen molar-refractivity contribution in [2.75, 3.05) is 51.0 Å². The number of terminal acetylenes is 1. The molecule has 1 aliphatic rings. The van der Waals surface area contributed by atoms with Gasteiger partial charge in [-0.2, -0.15) is 0 Å². The third-order valence-electron chi connectivity index (χ3n) is 5.27. The van der Waals surface area contributed by atoms with Gasteiger partial charge in [-0.15, -0.1) is 6.42 Å². The second-order valence-corrected chi connectivity index (χ2v) is 8.39. The van der Waals surface area contributed by atoms with Crippen LogP contribution >= 0.6 is 0 Å². The maximum atomic E-state index is 12.7. The normalized spacial score (nSPS) is 12.3. The van der Waals surface area contributed by atoms with Crippen LogP contribution in [-0.4, -0.2) is 81.4 Å². The number of carbonyl (C=O) groups excluding carboxylic acids is 6. The lowest BCUT2D eigenvalue weighted by Crippen LogP contribution is -2.32. The Balaban J connectivity index is 1.74. The minimum atomic E-state index is -0.588. The van der Waals surface area contributed by atoms with Gasteiger partial charge in [-0.3, -0.25) is 24.0 Å². The summed E-state index contributed by atoms with van der Waals surface area (Å²) in [5.41, 5.74) is 0.202. The molecule has 0 fully saturated rings. The Hall–Kier alpha value is -4.34. The number of nitrogens with zero attached hydrogens (tertiary/aromatic N) is 1. The zero-order valence-electron chi connectivity index (χ0n) is 21.7. The largest absolute Gasteiger partial charge is 0.377 e. The maximum absolute atomic E-state index is 12.7. The van der Waals surface area contributed by atoms with Crippen LogP contribution in [0.2, 0.25) is 0 Å². The SMILES string of the molecule is C#CCNC(=O)c1cc(C(=O)NCCOCCOCCNC(=O)CCCC(C)=O)cc(N2C(=O)C=CC2=O)c1. The minimum Gasteiger partial charge on any atom is -0.377 e. The summed E-state index contributed by atoms with van der Waals surface area (Å²) in [7, 11) is 0. The average molecular weight is 541 g/mol. The number of Topliss-reactive ketones (excluding diaryl/α,β-unsaturated/α-hetero) is 1. The maximum Gasteiger partial charge on any atom is 0.258 e. The Morgan fingerprint density at radius 1 is 0.821 bits per heavy atom. The molecule has 0 saturated carbocycles. The summed E-state index contributed by atoms with van der Waals surface area (Å²) < 4.78 is 10.8. The van der Waals surface area contributed by atoms with Gasteiger partial charge in [-0.1, -0.05) is 5.92 Å². The van der Waals surface area contributed by atoms with Gasteiger partial charge >= 0.3 is 0 Å². The fraction of sp³-hybridized carbons (Fsp3) is 0.407. The van der Waals surface area contributed by atoms with Crippen LogP contribution in [0.1, 0.15) is 46.9 Å². The highest BCUT2D eigenvalue weighted by Crippen LogP contribution is 2.23. The van der Waals surface area contributed by atoms with E-state index in [1.165, 1.54) is 25.1 Å². The molecule has 0 atom stereocenters. The Morgan fingerprint density at radius 2 is 1.38 bits per heavy atom. The predicted molar refractivity (Wildman–Crippen MR) is 141 cm³/mol. The first-order valence-electron chi connectivity index (χ1n) is 12.4. The van der Waals surface area contributed by atoms with Crippen molar-refractivity contribution in [3.05, 3.63) is 41.5 Å². The summed E-state index contributed by atoms with van der Waals surface area (Å²) in [5, 5.41) is 7.84. The Labute approximate surface area is 226 Å². The van der Waals surface area contributed by atoms with E-state index in [2.05, 4.69) is 21.9 Å². The van der Waals surface area contributed by atoms with E-state index in [0.29, 0.717) is 32.4 Å². The molecule has 0 saturated heterocycles. The summed E-state index contributed by atoms with van der Waals surface area (Å²) >= 11 is 0. The third-order valence-corrected chi connectivity index (χ3v) is 5.27. The standard InChI is InChI=1S/C27H32N4O8/c1-3-9-29-26(36)20-16-21(18-22(17-20)31-24(34)7-8-25(31)35)27(37)30-11-13-39-15-14-38-12-10-28-23(33)6-4-5-19(2)32/h1,7-8,16-18H,4-6,9-15H2,2H3,(H,28,33)(H,29,36)(H,30,37). The van der Waals surface area contributed by atoms with Gasteiger partial charge in [0.05, 0.1) is 38.7 Å². The molecule has 3 N–H and O–H groups in total. The van der Waals surface area contributed by atoms with Gasteiger partial charge in [0.2, 0.25) is 5.91 Å². The van der Waals surface area contributed by atoms with E-state index >= 15 is 0 Å². The average Bonchev–Trinajstić information content (AvgIpc) is 3.25. The molecule has 0 aliphatic carbocycles. The highest BCUT2D eigenvalue weighted by atomic mass is 16.5. The third kappa shape index (κ3) is 10.9. The van der Waals surface area contributed by atoms with Crippen LogP contribution in [0.3, 0.4) is 0 Å². The van der Waals surface area contributed by atoms with Gasteiger partial charge in [-0.05, 0) is 31.5 Å².